The number of carbonyl (C=O) groups excluding carboxylic acids is 3. The molecule has 2 heterocycles. The van der Waals surface area contributed by atoms with Gasteiger partial charge in [-0.05, 0) is 30.6 Å². The Hall–Kier alpha value is -2.01. The lowest BCUT2D eigenvalue weighted by Crippen LogP contribution is -2.61. The van der Waals surface area contributed by atoms with E-state index >= 15 is 0 Å². The number of hydrogen-bond acceptors (Lipinski definition) is 10. The average molecular weight is 595 g/mol. The minimum Gasteiger partial charge on any atom is -0.463 e. The fraction of sp³-hybridized carbons (Fsp3) is 0.844. The molecule has 0 spiro atoms. The van der Waals surface area contributed by atoms with E-state index in [0.29, 0.717) is 5.92 Å². The molecule has 3 fully saturated rings. The summed E-state index contributed by atoms with van der Waals surface area (Å²) in [5.41, 5.74) is 1.37. The molecule has 0 N–H and O–H groups in total. The van der Waals surface area contributed by atoms with E-state index in [-0.39, 0.29) is 35.9 Å². The highest BCUT2D eigenvalue weighted by Crippen LogP contribution is 2.60. The van der Waals surface area contributed by atoms with Crippen molar-refractivity contribution in [2.45, 2.75) is 125 Å². The minimum absolute atomic E-state index is 0.0837. The van der Waals surface area contributed by atoms with Gasteiger partial charge < -0.3 is 28.4 Å². The van der Waals surface area contributed by atoms with Crippen molar-refractivity contribution in [3.05, 3.63) is 11.6 Å². The van der Waals surface area contributed by atoms with Gasteiger partial charge in [0.05, 0.1) is 23.9 Å². The van der Waals surface area contributed by atoms with Gasteiger partial charge in [-0.15, -0.1) is 0 Å². The molecule has 10 heteroatoms. The number of rotatable bonds is 10. The van der Waals surface area contributed by atoms with Gasteiger partial charge in [0, 0.05) is 5.92 Å². The van der Waals surface area contributed by atoms with Gasteiger partial charge in [0.2, 0.25) is 0 Å². The second-order valence-electron chi connectivity index (χ2n) is 14.1. The molecule has 42 heavy (non-hydrogen) atoms. The van der Waals surface area contributed by atoms with Crippen LogP contribution in [-0.4, -0.2) is 67.3 Å². The van der Waals surface area contributed by atoms with Crippen molar-refractivity contribution in [1.82, 2.24) is 0 Å². The summed E-state index contributed by atoms with van der Waals surface area (Å²) in [6, 6.07) is 0. The monoisotopic (exact) mass is 594 g/mol. The van der Waals surface area contributed by atoms with E-state index in [2.05, 4.69) is 26.8 Å². The Morgan fingerprint density at radius 2 is 1.45 bits per heavy atom. The quantitative estimate of drug-likeness (QED) is 0.199. The lowest BCUT2D eigenvalue weighted by atomic mass is 9.48. The lowest BCUT2D eigenvalue weighted by molar-refractivity contribution is -0.394. The first kappa shape index (κ1) is 32.9. The highest BCUT2D eigenvalue weighted by Gasteiger charge is 2.64. The van der Waals surface area contributed by atoms with Gasteiger partial charge >= 0.3 is 17.9 Å². The maximum Gasteiger partial charge on any atom is 0.308 e. The van der Waals surface area contributed by atoms with Gasteiger partial charge in [0.25, 0.3) is 5.97 Å². The number of ether oxygens (including phenoxy) is 7. The Kier molecular flexibility index (Phi) is 9.53. The summed E-state index contributed by atoms with van der Waals surface area (Å²) in [7, 11) is 0. The van der Waals surface area contributed by atoms with Gasteiger partial charge in [0.15, 0.2) is 24.6 Å². The molecule has 0 amide bonds. The summed E-state index contributed by atoms with van der Waals surface area (Å²) in [5.74, 6) is -3.72. The van der Waals surface area contributed by atoms with Crippen LogP contribution in [0, 0.1) is 40.9 Å². The van der Waals surface area contributed by atoms with Gasteiger partial charge in [-0.2, -0.15) is 0 Å². The molecule has 9 atom stereocenters. The van der Waals surface area contributed by atoms with Crippen LogP contribution in [0.4, 0.5) is 0 Å². The van der Waals surface area contributed by atoms with E-state index in [9.17, 15) is 14.4 Å². The summed E-state index contributed by atoms with van der Waals surface area (Å²) in [4.78, 5) is 38.2. The summed E-state index contributed by atoms with van der Waals surface area (Å²) < 4.78 is 43.5. The summed E-state index contributed by atoms with van der Waals surface area (Å²) >= 11 is 0. The normalized spacial score (nSPS) is 36.9. The van der Waals surface area contributed by atoms with E-state index in [1.54, 1.807) is 41.5 Å². The van der Waals surface area contributed by atoms with Crippen LogP contribution >= 0.6 is 0 Å². The van der Waals surface area contributed by atoms with Crippen molar-refractivity contribution < 1.29 is 47.5 Å². The van der Waals surface area contributed by atoms with Crippen LogP contribution in [0.25, 0.3) is 0 Å². The van der Waals surface area contributed by atoms with Crippen LogP contribution in [-0.2, 0) is 47.5 Å². The SMILES string of the molecule is CC1=C[C@H](OC2(C(C)C)O[C@H]3O[C@H](COC(=O)C(C)C)[C@@H](OC(=O)C(C)C)[C@H](OC(=O)C(C)C)[C@H]3O2)[C@H]2C[C@@H]1C2(C)C. The maximum atomic E-state index is 13.0. The molecular weight excluding hydrogens is 544 g/mol. The molecule has 0 radical (unpaired) electrons. The van der Waals surface area contributed by atoms with Crippen LogP contribution in [0.1, 0.15) is 82.6 Å². The first-order valence-electron chi connectivity index (χ1n) is 15.4. The number of hydrogen-bond donors (Lipinski definition) is 0. The second kappa shape index (κ2) is 12.2. The third kappa shape index (κ3) is 6.14. The predicted molar refractivity (Wildman–Crippen MR) is 151 cm³/mol. The smallest absolute Gasteiger partial charge is 0.308 e. The number of esters is 3. The van der Waals surface area contributed by atoms with Crippen LogP contribution < -0.4 is 0 Å². The van der Waals surface area contributed by atoms with E-state index in [1.165, 1.54) is 5.57 Å². The molecule has 0 aromatic rings. The molecule has 2 bridgehead atoms. The van der Waals surface area contributed by atoms with Crippen molar-refractivity contribution in [2.75, 3.05) is 6.61 Å². The van der Waals surface area contributed by atoms with E-state index in [4.69, 9.17) is 33.2 Å². The minimum atomic E-state index is -1.52. The van der Waals surface area contributed by atoms with Crippen molar-refractivity contribution in [3.63, 3.8) is 0 Å². The Morgan fingerprint density at radius 3 is 1.95 bits per heavy atom. The molecule has 10 nitrogen and oxygen atoms in total. The Balaban J connectivity index is 1.68. The van der Waals surface area contributed by atoms with Crippen LogP contribution in [0.5, 0.6) is 0 Å². The Morgan fingerprint density at radius 1 is 0.881 bits per heavy atom. The molecule has 5 rings (SSSR count). The molecule has 1 saturated carbocycles. The van der Waals surface area contributed by atoms with Gasteiger partial charge in [0.1, 0.15) is 12.7 Å². The fourth-order valence-electron chi connectivity index (χ4n) is 6.31. The highest BCUT2D eigenvalue weighted by molar-refractivity contribution is 5.73. The van der Waals surface area contributed by atoms with E-state index in [0.717, 1.165) is 6.42 Å². The van der Waals surface area contributed by atoms with Crippen molar-refractivity contribution >= 4 is 17.9 Å². The second-order valence-corrected chi connectivity index (χ2v) is 14.1. The summed E-state index contributed by atoms with van der Waals surface area (Å²) in [6.07, 6.45) is -2.25. The zero-order valence-electron chi connectivity index (χ0n) is 27.0. The van der Waals surface area contributed by atoms with Gasteiger partial charge in [-0.3, -0.25) is 19.1 Å². The largest absolute Gasteiger partial charge is 0.463 e. The van der Waals surface area contributed by atoms with Crippen LogP contribution in [0.3, 0.4) is 0 Å². The summed E-state index contributed by atoms with van der Waals surface area (Å²) in [5, 5.41) is 0. The van der Waals surface area contributed by atoms with Crippen molar-refractivity contribution in [3.8, 4) is 0 Å². The van der Waals surface area contributed by atoms with E-state index in [1.807, 2.05) is 13.8 Å². The first-order valence-corrected chi connectivity index (χ1v) is 15.4. The molecule has 238 valence electrons. The Labute approximate surface area is 250 Å². The predicted octanol–water partition coefficient (Wildman–Crippen LogP) is 4.78. The van der Waals surface area contributed by atoms with Gasteiger partial charge in [-0.25, -0.2) is 0 Å². The molecular formula is C32H50O10. The van der Waals surface area contributed by atoms with Crippen molar-refractivity contribution in [1.29, 1.82) is 0 Å². The molecule has 5 aliphatic rings. The lowest BCUT2D eigenvalue weighted by Gasteiger charge is -2.59. The Bertz CT molecular complexity index is 1060. The fourth-order valence-corrected chi connectivity index (χ4v) is 6.31. The summed E-state index contributed by atoms with van der Waals surface area (Å²) in [6.45, 7) is 20.6. The topological polar surface area (TPSA) is 116 Å². The third-order valence-electron chi connectivity index (χ3n) is 9.20. The third-order valence-corrected chi connectivity index (χ3v) is 9.20. The average Bonchev–Trinajstić information content (AvgIpc) is 3.26. The molecule has 0 aromatic heterocycles. The molecule has 2 aliphatic heterocycles. The molecule has 0 aromatic carbocycles. The number of allylic oxidation sites excluding steroid dienone is 1. The molecule has 1 unspecified atom stereocenters. The number of carbonyl (C=O) groups is 3. The number of fused-ring (bicyclic) bond motifs is 2. The van der Waals surface area contributed by atoms with Gasteiger partial charge in [-0.1, -0.05) is 80.9 Å². The van der Waals surface area contributed by atoms with E-state index < -0.39 is 66.4 Å². The first-order chi connectivity index (χ1) is 19.5. The van der Waals surface area contributed by atoms with Crippen molar-refractivity contribution in [2.24, 2.45) is 40.9 Å². The zero-order chi connectivity index (χ0) is 31.3. The maximum absolute atomic E-state index is 13.0. The molecule has 3 aliphatic carbocycles. The highest BCUT2D eigenvalue weighted by atomic mass is 16.9. The molecule has 2 saturated heterocycles. The van der Waals surface area contributed by atoms with Crippen LogP contribution in [0.15, 0.2) is 11.6 Å². The van der Waals surface area contributed by atoms with Crippen LogP contribution in [0.2, 0.25) is 0 Å². The zero-order valence-corrected chi connectivity index (χ0v) is 27.0. The standard InChI is InChI=1S/C32H50O10/c1-15(2)27(33)36-14-23-24(38-28(34)16(3)4)25(39-29(35)17(5)6)26-30(37-23)42-32(41-26,18(7)8)40-22-12-19(9)20-13-21(22)31(20,10)11/h12,15-18,20-26,30H,13-14H2,1-11H3/t20-,21+,22-,23+,24+,25-,26+,30+,32?/m0/s1.